The summed E-state index contributed by atoms with van der Waals surface area (Å²) in [6, 6.07) is 41.5. The Bertz CT molecular complexity index is 4090. The van der Waals surface area contributed by atoms with Crippen molar-refractivity contribution in [2.45, 2.75) is 117 Å². The van der Waals surface area contributed by atoms with E-state index in [1.54, 1.807) is 24.3 Å². The van der Waals surface area contributed by atoms with Gasteiger partial charge in [-0.3, -0.25) is 38.4 Å². The SMILES string of the molecule is CC(=O)OC[C@H]1O[C@@H](Oc2ccc(-c3c4nc(c(-c5ccccc5)c5ccc([nH]5)c(-c5ccc(O[C@@H]6O[C@H](COC(C)=O)[C@H](OC(C)=O)[C@H](OC(C)=O)[C@H]6OC(C)=O)cc5)c5nc(c(-c6ccccc6)c6ccc3[nH]6)C=C5)C=C4)cc2)[C@H](OC(C)=O)[C@@H](OC(C)=O)[C@H]1OC(C)=O. The smallest absolute Gasteiger partial charge is 0.303 e. The van der Waals surface area contributed by atoms with Crippen LogP contribution in [-0.2, 0) is 85.7 Å². The maximum absolute atomic E-state index is 12.7. The standard InChI is InChI=1S/C72H66N4O20/c1-37(77)85-35-59-65(87-39(3)79)67(89-41(5)81)69(91-43(7)83)71(95-59)93-49-23-19-47(20-24-49)63-55-31-27-51(73-55)61(45-15-11-9-12-16-45)53-29-33-57(75-53)64(58-34-30-54(76-58)62(46-17-13-10-14-18-46)52-28-32-56(63)74-52)48-21-25-50(26-22-48)94-72-70(92-44(8)84)68(90-42(6)82)66(88-40(4)80)60(96-72)36-86-38(2)78/h9-34,59-60,65-73,76H,35-36H2,1-8H3/t59-,60-,65+,66+,67+,68+,69-,70-,71-,72-/m1/s1. The van der Waals surface area contributed by atoms with Crippen molar-refractivity contribution in [2.75, 3.05) is 13.2 Å². The van der Waals surface area contributed by atoms with Crippen LogP contribution in [0.3, 0.4) is 0 Å². The van der Waals surface area contributed by atoms with E-state index in [4.69, 9.17) is 66.8 Å². The van der Waals surface area contributed by atoms with Crippen LogP contribution in [0.4, 0.5) is 0 Å². The van der Waals surface area contributed by atoms with Crippen molar-refractivity contribution in [1.29, 1.82) is 0 Å². The summed E-state index contributed by atoms with van der Waals surface area (Å²) in [7, 11) is 0. The number of aromatic nitrogens is 4. The van der Waals surface area contributed by atoms with Crippen LogP contribution in [0.5, 0.6) is 11.5 Å². The van der Waals surface area contributed by atoms with Crippen molar-refractivity contribution in [3.8, 4) is 56.0 Å². The van der Waals surface area contributed by atoms with E-state index in [2.05, 4.69) is 9.97 Å². The Morgan fingerprint density at radius 2 is 0.604 bits per heavy atom. The molecule has 494 valence electrons. The molecule has 2 saturated heterocycles. The molecule has 0 unspecified atom stereocenters. The number of hydrogen-bond acceptors (Lipinski definition) is 22. The van der Waals surface area contributed by atoms with Crippen LogP contribution in [0.15, 0.2) is 133 Å². The molecule has 2 N–H and O–H groups in total. The molecule has 0 spiro atoms. The molecule has 0 saturated carbocycles. The molecule has 7 heterocycles. The Balaban J connectivity index is 1.04. The molecule has 0 amide bonds. The summed E-state index contributed by atoms with van der Waals surface area (Å²) in [5.41, 5.74) is 11.2. The second-order valence-corrected chi connectivity index (χ2v) is 22.7. The quantitative estimate of drug-likeness (QED) is 0.0596. The molecule has 11 rings (SSSR count). The van der Waals surface area contributed by atoms with E-state index in [0.29, 0.717) is 67.1 Å². The van der Waals surface area contributed by atoms with Crippen LogP contribution in [0.25, 0.3) is 90.9 Å². The fourth-order valence-corrected chi connectivity index (χ4v) is 11.9. The molecule has 7 aromatic rings. The third-order valence-corrected chi connectivity index (χ3v) is 15.6. The number of hydrogen-bond donors (Lipinski definition) is 2. The summed E-state index contributed by atoms with van der Waals surface area (Å²) >= 11 is 0. The lowest BCUT2D eigenvalue weighted by atomic mass is 9.98. The maximum Gasteiger partial charge on any atom is 0.303 e. The monoisotopic (exact) mass is 1310 g/mol. The van der Waals surface area contributed by atoms with Gasteiger partial charge in [0.25, 0.3) is 0 Å². The van der Waals surface area contributed by atoms with Crippen molar-refractivity contribution >= 4 is 94.1 Å². The number of aromatic amines is 2. The van der Waals surface area contributed by atoms with Crippen molar-refractivity contribution < 1.29 is 95.2 Å². The first-order valence-electron chi connectivity index (χ1n) is 30.6. The minimum absolute atomic E-state index is 0.223. The topological polar surface area (TPSA) is 305 Å². The molecule has 10 atom stereocenters. The number of fused-ring (bicyclic) bond motifs is 8. The number of H-pyrrole nitrogens is 2. The van der Waals surface area contributed by atoms with E-state index in [9.17, 15) is 38.4 Å². The third-order valence-electron chi connectivity index (χ3n) is 15.6. The number of esters is 8. The van der Waals surface area contributed by atoms with Gasteiger partial charge < -0.3 is 66.8 Å². The molecule has 8 bridgehead atoms. The fraction of sp³-hybridized carbons (Fsp3) is 0.278. The maximum atomic E-state index is 12.7. The number of nitrogens with one attached hydrogen (secondary N) is 2. The highest BCUT2D eigenvalue weighted by atomic mass is 16.7. The van der Waals surface area contributed by atoms with Crippen LogP contribution >= 0.6 is 0 Å². The Morgan fingerprint density at radius 1 is 0.333 bits per heavy atom. The average molecular weight is 1310 g/mol. The van der Waals surface area contributed by atoms with Gasteiger partial charge in [0, 0.05) is 99.7 Å². The molecule has 3 aromatic heterocycles. The molecule has 4 aromatic carbocycles. The zero-order valence-electron chi connectivity index (χ0n) is 53.3. The lowest BCUT2D eigenvalue weighted by molar-refractivity contribution is -0.288. The molecule has 0 aliphatic carbocycles. The summed E-state index contributed by atoms with van der Waals surface area (Å²) in [6.45, 7) is 8.35. The predicted octanol–water partition coefficient (Wildman–Crippen LogP) is 10.2. The average Bonchev–Trinajstić information content (AvgIpc) is 1.35. The van der Waals surface area contributed by atoms with E-state index < -0.39 is 122 Å². The van der Waals surface area contributed by atoms with E-state index in [1.807, 2.05) is 133 Å². The number of benzene rings is 4. The number of nitrogens with zero attached hydrogens (tertiary/aromatic N) is 2. The number of carbonyl (C=O) groups is 8. The van der Waals surface area contributed by atoms with E-state index in [1.165, 1.54) is 13.8 Å². The Morgan fingerprint density at radius 3 is 0.885 bits per heavy atom. The molecule has 4 aliphatic heterocycles. The molecule has 2 fully saturated rings. The summed E-state index contributed by atoms with van der Waals surface area (Å²) in [6.07, 6.45) is -6.26. The van der Waals surface area contributed by atoms with Gasteiger partial charge in [-0.15, -0.1) is 0 Å². The van der Waals surface area contributed by atoms with Gasteiger partial charge in [-0.25, -0.2) is 9.97 Å². The van der Waals surface area contributed by atoms with Gasteiger partial charge in [-0.1, -0.05) is 84.9 Å². The first kappa shape index (κ1) is 66.2. The molecular weight excluding hydrogens is 1240 g/mol. The highest BCUT2D eigenvalue weighted by Gasteiger charge is 2.55. The van der Waals surface area contributed by atoms with E-state index in [-0.39, 0.29) is 11.5 Å². The lowest BCUT2D eigenvalue weighted by Crippen LogP contribution is -2.63. The Hall–Kier alpha value is -11.2. The summed E-state index contributed by atoms with van der Waals surface area (Å²) in [4.78, 5) is 118. The van der Waals surface area contributed by atoms with Gasteiger partial charge in [0.05, 0.1) is 22.8 Å². The number of rotatable bonds is 18. The minimum atomic E-state index is -1.48. The van der Waals surface area contributed by atoms with Crippen LogP contribution in [0, 0.1) is 0 Å². The van der Waals surface area contributed by atoms with Gasteiger partial charge >= 0.3 is 47.8 Å². The number of ether oxygens (including phenoxy) is 12. The minimum Gasteiger partial charge on any atom is -0.463 e. The highest BCUT2D eigenvalue weighted by Crippen LogP contribution is 2.41. The van der Waals surface area contributed by atoms with Gasteiger partial charge in [0.1, 0.15) is 36.9 Å². The van der Waals surface area contributed by atoms with Crippen molar-refractivity contribution in [3.63, 3.8) is 0 Å². The van der Waals surface area contributed by atoms with Gasteiger partial charge in [-0.05, 0) is 95.1 Å². The van der Waals surface area contributed by atoms with Crippen molar-refractivity contribution in [3.05, 3.63) is 156 Å². The largest absolute Gasteiger partial charge is 0.463 e. The molecular formula is C72H66N4O20. The van der Waals surface area contributed by atoms with Gasteiger partial charge in [0.2, 0.25) is 24.8 Å². The second-order valence-electron chi connectivity index (χ2n) is 22.7. The first-order chi connectivity index (χ1) is 46.1. The Labute approximate surface area is 549 Å². The third kappa shape index (κ3) is 15.2. The van der Waals surface area contributed by atoms with Crippen molar-refractivity contribution in [1.82, 2.24) is 19.9 Å². The number of carbonyl (C=O) groups excluding carboxylic acids is 8. The summed E-state index contributed by atoms with van der Waals surface area (Å²) in [5, 5.41) is 0. The van der Waals surface area contributed by atoms with Crippen LogP contribution < -0.4 is 9.47 Å². The molecule has 96 heavy (non-hydrogen) atoms. The van der Waals surface area contributed by atoms with E-state index >= 15 is 0 Å². The van der Waals surface area contributed by atoms with Gasteiger partial charge in [-0.2, -0.15) is 0 Å². The van der Waals surface area contributed by atoms with Gasteiger partial charge in [0.15, 0.2) is 24.4 Å². The second kappa shape index (κ2) is 29.0. The predicted molar refractivity (Wildman–Crippen MR) is 346 cm³/mol. The molecule has 24 nitrogen and oxygen atoms in total. The Kier molecular flexibility index (Phi) is 20.0. The summed E-state index contributed by atoms with van der Waals surface area (Å²) < 4.78 is 69.7. The molecule has 24 heteroatoms. The lowest BCUT2D eigenvalue weighted by Gasteiger charge is -2.43. The highest BCUT2D eigenvalue weighted by molar-refractivity contribution is 6.00. The van der Waals surface area contributed by atoms with E-state index in [0.717, 1.165) is 63.8 Å². The molecule has 0 radical (unpaired) electrons. The van der Waals surface area contributed by atoms with Crippen LogP contribution in [-0.4, -0.2) is 142 Å². The first-order valence-corrected chi connectivity index (χ1v) is 30.6. The zero-order chi connectivity index (χ0) is 67.9. The fourth-order valence-electron chi connectivity index (χ4n) is 11.9. The van der Waals surface area contributed by atoms with Crippen LogP contribution in [0.1, 0.15) is 78.2 Å². The normalized spacial score (nSPS) is 21.0. The van der Waals surface area contributed by atoms with Crippen LogP contribution in [0.2, 0.25) is 0 Å². The molecule has 4 aliphatic rings. The summed E-state index contributed by atoms with van der Waals surface area (Å²) in [5.74, 6) is -5.55. The zero-order valence-corrected chi connectivity index (χ0v) is 53.3. The van der Waals surface area contributed by atoms with Crippen molar-refractivity contribution in [2.24, 2.45) is 0 Å².